The number of hydrogen-bond donors (Lipinski definition) is 1. The molecule has 1 unspecified atom stereocenters. The summed E-state index contributed by atoms with van der Waals surface area (Å²) in [5.41, 5.74) is 1.00. The maximum atomic E-state index is 11.8. The zero-order valence-corrected chi connectivity index (χ0v) is 9.35. The normalized spacial score (nSPS) is 14.9. The molecule has 0 saturated carbocycles. The zero-order chi connectivity index (χ0) is 10.4. The third kappa shape index (κ3) is 3.92. The van der Waals surface area contributed by atoms with Gasteiger partial charge in [0.05, 0.1) is 5.75 Å². The lowest BCUT2D eigenvalue weighted by Gasteiger charge is -2.06. The second kappa shape index (κ2) is 5.15. The first kappa shape index (κ1) is 11.2. The van der Waals surface area contributed by atoms with Gasteiger partial charge in [0.25, 0.3) is 0 Å². The highest BCUT2D eigenvalue weighted by atomic mass is 32.2. The Hall–Kier alpha value is -0.830. The quantitative estimate of drug-likeness (QED) is 0.799. The Bertz CT molecular complexity index is 356. The van der Waals surface area contributed by atoms with Crippen LogP contribution < -0.4 is 0 Å². The first-order valence-corrected chi connectivity index (χ1v) is 6.82. The average Bonchev–Trinajstić information content (AvgIpc) is 2.16. The van der Waals surface area contributed by atoms with Crippen LogP contribution in [-0.2, 0) is 15.5 Å². The number of rotatable bonds is 5. The van der Waals surface area contributed by atoms with Crippen molar-refractivity contribution in [2.75, 3.05) is 5.75 Å². The molecule has 1 N–H and O–H groups in total. The summed E-state index contributed by atoms with van der Waals surface area (Å²) in [5, 5.41) is 0. The van der Waals surface area contributed by atoms with E-state index in [4.69, 9.17) is 4.78 Å². The van der Waals surface area contributed by atoms with E-state index in [0.717, 1.165) is 18.4 Å². The Balaban J connectivity index is 2.60. The zero-order valence-electron chi connectivity index (χ0n) is 8.53. The fourth-order valence-corrected chi connectivity index (χ4v) is 2.92. The van der Waals surface area contributed by atoms with E-state index >= 15 is 0 Å². The van der Waals surface area contributed by atoms with Crippen LogP contribution in [0.1, 0.15) is 25.3 Å². The number of hydrogen-bond acceptors (Lipinski definition) is 2. The van der Waals surface area contributed by atoms with Crippen molar-refractivity contribution in [3.8, 4) is 0 Å². The molecule has 0 aliphatic rings. The van der Waals surface area contributed by atoms with E-state index < -0.39 is 9.73 Å². The van der Waals surface area contributed by atoms with Crippen LogP contribution in [-0.4, -0.2) is 9.96 Å². The smallest absolute Gasteiger partial charge is 0.0566 e. The second-order valence-electron chi connectivity index (χ2n) is 3.50. The lowest BCUT2D eigenvalue weighted by molar-refractivity contribution is 0.670. The molecule has 0 saturated heterocycles. The largest absolute Gasteiger partial charge is 0.253 e. The number of unbranched alkanes of at least 4 members (excludes halogenated alkanes) is 1. The van der Waals surface area contributed by atoms with Crippen LogP contribution in [0.4, 0.5) is 0 Å². The van der Waals surface area contributed by atoms with E-state index in [0.29, 0.717) is 11.5 Å². The molecule has 0 aliphatic heterocycles. The lowest BCUT2D eigenvalue weighted by atomic mass is 10.2. The Morgan fingerprint density at radius 3 is 2.50 bits per heavy atom. The topological polar surface area (TPSA) is 40.9 Å². The standard InChI is InChI=1S/C11H17NOS/c1-2-3-9-14(12,13)10-11-7-5-4-6-8-11/h4-8,12H,2-3,9-10H2,1H3. The van der Waals surface area contributed by atoms with Gasteiger partial charge in [-0.3, -0.25) is 4.78 Å². The predicted octanol–water partition coefficient (Wildman–Crippen LogP) is 3.03. The van der Waals surface area contributed by atoms with Crippen LogP contribution in [0.25, 0.3) is 0 Å². The first-order chi connectivity index (χ1) is 6.64. The molecule has 2 nitrogen and oxygen atoms in total. The third-order valence-electron chi connectivity index (χ3n) is 2.07. The van der Waals surface area contributed by atoms with Gasteiger partial charge in [0.1, 0.15) is 0 Å². The van der Waals surface area contributed by atoms with Gasteiger partial charge in [0.2, 0.25) is 0 Å². The summed E-state index contributed by atoms with van der Waals surface area (Å²) in [6.07, 6.45) is 1.89. The molecule has 0 spiro atoms. The van der Waals surface area contributed by atoms with E-state index in [1.165, 1.54) is 0 Å². The van der Waals surface area contributed by atoms with Crippen LogP contribution in [0, 0.1) is 4.78 Å². The van der Waals surface area contributed by atoms with Crippen LogP contribution >= 0.6 is 0 Å². The van der Waals surface area contributed by atoms with Crippen LogP contribution in [0.5, 0.6) is 0 Å². The van der Waals surface area contributed by atoms with Gasteiger partial charge in [-0.15, -0.1) is 0 Å². The lowest BCUT2D eigenvalue weighted by Crippen LogP contribution is -2.07. The minimum atomic E-state index is -2.40. The maximum Gasteiger partial charge on any atom is 0.0566 e. The molecule has 78 valence electrons. The fourth-order valence-electron chi connectivity index (χ4n) is 1.29. The molecule has 14 heavy (non-hydrogen) atoms. The third-order valence-corrected chi connectivity index (χ3v) is 3.82. The van der Waals surface area contributed by atoms with Gasteiger partial charge in [-0.2, -0.15) is 0 Å². The summed E-state index contributed by atoms with van der Waals surface area (Å²) in [4.78, 5) is 0. The predicted molar refractivity (Wildman–Crippen MR) is 60.8 cm³/mol. The molecular weight excluding hydrogens is 194 g/mol. The molecule has 1 aromatic rings. The molecule has 0 radical (unpaired) electrons. The molecule has 0 aromatic heterocycles. The van der Waals surface area contributed by atoms with Gasteiger partial charge in [0, 0.05) is 15.5 Å². The van der Waals surface area contributed by atoms with Crippen LogP contribution in [0.3, 0.4) is 0 Å². The summed E-state index contributed by atoms with van der Waals surface area (Å²) in [7, 11) is -2.40. The van der Waals surface area contributed by atoms with Crippen molar-refractivity contribution < 1.29 is 4.21 Å². The average molecular weight is 211 g/mol. The molecular formula is C11H17NOS. The van der Waals surface area contributed by atoms with Crippen molar-refractivity contribution in [3.05, 3.63) is 35.9 Å². The van der Waals surface area contributed by atoms with Crippen molar-refractivity contribution in [3.63, 3.8) is 0 Å². The molecule has 0 amide bonds. The minimum absolute atomic E-state index is 0.397. The molecule has 0 bridgehead atoms. The molecule has 0 fully saturated rings. The SMILES string of the molecule is CCCCS(=N)(=O)Cc1ccccc1. The summed E-state index contributed by atoms with van der Waals surface area (Å²) in [6, 6.07) is 9.64. The van der Waals surface area contributed by atoms with E-state index in [9.17, 15) is 4.21 Å². The van der Waals surface area contributed by atoms with Crippen molar-refractivity contribution >= 4 is 9.73 Å². The molecule has 0 aliphatic carbocycles. The van der Waals surface area contributed by atoms with E-state index in [-0.39, 0.29) is 0 Å². The first-order valence-electron chi connectivity index (χ1n) is 4.92. The highest BCUT2D eigenvalue weighted by Gasteiger charge is 2.06. The Morgan fingerprint density at radius 2 is 1.93 bits per heavy atom. The van der Waals surface area contributed by atoms with Gasteiger partial charge in [-0.25, -0.2) is 4.21 Å². The highest BCUT2D eigenvalue weighted by Crippen LogP contribution is 2.08. The maximum absolute atomic E-state index is 11.8. The van der Waals surface area contributed by atoms with Gasteiger partial charge < -0.3 is 0 Å². The summed E-state index contributed by atoms with van der Waals surface area (Å²) < 4.78 is 19.5. The second-order valence-corrected chi connectivity index (χ2v) is 5.82. The Kier molecular flexibility index (Phi) is 4.14. The van der Waals surface area contributed by atoms with Crippen LogP contribution in [0.15, 0.2) is 30.3 Å². The number of benzene rings is 1. The van der Waals surface area contributed by atoms with E-state index in [2.05, 4.69) is 6.92 Å². The number of nitrogens with one attached hydrogen (secondary N) is 1. The summed E-state index contributed by atoms with van der Waals surface area (Å²) in [6.45, 7) is 2.05. The molecule has 1 aromatic carbocycles. The van der Waals surface area contributed by atoms with Gasteiger partial charge in [0.15, 0.2) is 0 Å². The Labute approximate surface area is 86.3 Å². The molecule has 1 atom stereocenters. The van der Waals surface area contributed by atoms with Gasteiger partial charge >= 0.3 is 0 Å². The summed E-state index contributed by atoms with van der Waals surface area (Å²) >= 11 is 0. The van der Waals surface area contributed by atoms with Crippen molar-refractivity contribution in [1.29, 1.82) is 4.78 Å². The highest BCUT2D eigenvalue weighted by molar-refractivity contribution is 7.91. The van der Waals surface area contributed by atoms with Crippen molar-refractivity contribution in [2.45, 2.75) is 25.5 Å². The molecule has 3 heteroatoms. The van der Waals surface area contributed by atoms with E-state index in [1.54, 1.807) is 0 Å². The fraction of sp³-hybridized carbons (Fsp3) is 0.455. The van der Waals surface area contributed by atoms with Crippen LogP contribution in [0.2, 0.25) is 0 Å². The molecule has 0 heterocycles. The van der Waals surface area contributed by atoms with Crippen molar-refractivity contribution in [1.82, 2.24) is 0 Å². The van der Waals surface area contributed by atoms with Crippen molar-refractivity contribution in [2.24, 2.45) is 0 Å². The Morgan fingerprint density at radius 1 is 1.29 bits per heavy atom. The summed E-state index contributed by atoms with van der Waals surface area (Å²) in [5.74, 6) is 0.923. The minimum Gasteiger partial charge on any atom is -0.253 e. The molecule has 1 rings (SSSR count). The van der Waals surface area contributed by atoms with Gasteiger partial charge in [-0.1, -0.05) is 43.7 Å². The monoisotopic (exact) mass is 211 g/mol. The van der Waals surface area contributed by atoms with Gasteiger partial charge in [-0.05, 0) is 12.0 Å². The van der Waals surface area contributed by atoms with E-state index in [1.807, 2.05) is 30.3 Å².